The maximum Gasteiger partial charge on any atom is 0.231 e. The van der Waals surface area contributed by atoms with Gasteiger partial charge >= 0.3 is 0 Å². The molecule has 0 saturated carbocycles. The average Bonchev–Trinajstić information content (AvgIpc) is 3.17. The van der Waals surface area contributed by atoms with Crippen LogP contribution in [0.4, 0.5) is 0 Å². The molecule has 126 valence electrons. The molecule has 0 atom stereocenters. The van der Waals surface area contributed by atoms with Crippen molar-refractivity contribution < 1.29 is 33.6 Å². The molecular weight excluding hydrogens is 328 g/mol. The van der Waals surface area contributed by atoms with E-state index in [2.05, 4.69) is 0 Å². The predicted molar refractivity (Wildman–Crippen MR) is 82.4 cm³/mol. The van der Waals surface area contributed by atoms with Gasteiger partial charge in [0.25, 0.3) is 0 Å². The van der Waals surface area contributed by atoms with Gasteiger partial charge in [0.2, 0.25) is 12.6 Å². The Bertz CT molecular complexity index is 914. The number of carbonyl (C=O) groups excluding carboxylic acids is 2. The Hall–Kier alpha value is -3.48. The SMILES string of the molecule is O=C([O-])COc1ccc2c(c1)O/C(=C\c1ccc3c(c1)OCO3)C2=O. The molecule has 2 heterocycles. The predicted octanol–water partition coefficient (Wildman–Crippen LogP) is 1.16. The summed E-state index contributed by atoms with van der Waals surface area (Å²) in [6.45, 7) is -0.405. The van der Waals surface area contributed by atoms with Gasteiger partial charge in [-0.1, -0.05) is 6.07 Å². The minimum Gasteiger partial charge on any atom is -0.546 e. The van der Waals surface area contributed by atoms with Crippen molar-refractivity contribution >= 4 is 17.8 Å². The van der Waals surface area contributed by atoms with Crippen LogP contribution in [0.1, 0.15) is 15.9 Å². The molecule has 7 heteroatoms. The second-order valence-electron chi connectivity index (χ2n) is 5.37. The Balaban J connectivity index is 1.58. The number of fused-ring (bicyclic) bond motifs is 2. The molecule has 2 aliphatic rings. The lowest BCUT2D eigenvalue weighted by Crippen LogP contribution is -2.28. The third kappa shape index (κ3) is 2.87. The third-order valence-electron chi connectivity index (χ3n) is 3.69. The summed E-state index contributed by atoms with van der Waals surface area (Å²) >= 11 is 0. The van der Waals surface area contributed by atoms with Crippen LogP contribution in [0.2, 0.25) is 0 Å². The van der Waals surface area contributed by atoms with E-state index in [1.54, 1.807) is 24.3 Å². The fraction of sp³-hybridized carbons (Fsp3) is 0.111. The highest BCUT2D eigenvalue weighted by molar-refractivity contribution is 6.14. The highest BCUT2D eigenvalue weighted by Crippen LogP contribution is 2.36. The Morgan fingerprint density at radius 1 is 1.12 bits per heavy atom. The molecule has 25 heavy (non-hydrogen) atoms. The summed E-state index contributed by atoms with van der Waals surface area (Å²) in [6.07, 6.45) is 1.60. The quantitative estimate of drug-likeness (QED) is 0.772. The molecule has 0 amide bonds. The number of hydrogen-bond acceptors (Lipinski definition) is 7. The second kappa shape index (κ2) is 5.86. The van der Waals surface area contributed by atoms with Crippen LogP contribution in [-0.4, -0.2) is 25.2 Å². The number of carboxylic acid groups (broad SMARTS) is 1. The Labute approximate surface area is 142 Å². The second-order valence-corrected chi connectivity index (χ2v) is 5.37. The third-order valence-corrected chi connectivity index (χ3v) is 3.69. The van der Waals surface area contributed by atoms with E-state index in [9.17, 15) is 14.7 Å². The van der Waals surface area contributed by atoms with Crippen molar-refractivity contribution in [2.75, 3.05) is 13.4 Å². The van der Waals surface area contributed by atoms with Crippen molar-refractivity contribution in [1.29, 1.82) is 0 Å². The van der Waals surface area contributed by atoms with E-state index in [0.717, 1.165) is 5.56 Å². The molecule has 0 spiro atoms. The van der Waals surface area contributed by atoms with E-state index >= 15 is 0 Å². The summed E-state index contributed by atoms with van der Waals surface area (Å²) in [4.78, 5) is 22.9. The normalized spacial score (nSPS) is 15.8. The number of carbonyl (C=O) groups is 2. The zero-order valence-corrected chi connectivity index (χ0v) is 12.8. The largest absolute Gasteiger partial charge is 0.546 e. The lowest BCUT2D eigenvalue weighted by molar-refractivity contribution is -0.307. The standard InChI is InChI=1S/C18H12O7/c19-17(20)8-22-11-2-3-12-14(7-11)25-16(18(12)21)6-10-1-4-13-15(5-10)24-9-23-13/h1-7H,8-9H2,(H,19,20)/p-1/b16-6-. The molecule has 0 bridgehead atoms. The topological polar surface area (TPSA) is 94.1 Å². The van der Waals surface area contributed by atoms with E-state index < -0.39 is 12.6 Å². The minimum absolute atomic E-state index is 0.158. The molecular formula is C18H11O7-. The molecule has 2 aromatic carbocycles. The van der Waals surface area contributed by atoms with Crippen molar-refractivity contribution in [1.82, 2.24) is 0 Å². The number of aliphatic carboxylic acids is 1. The summed E-state index contributed by atoms with van der Waals surface area (Å²) in [6, 6.07) is 9.80. The van der Waals surface area contributed by atoms with Crippen LogP contribution >= 0.6 is 0 Å². The Kier molecular flexibility index (Phi) is 3.53. The molecule has 0 saturated heterocycles. The highest BCUT2D eigenvalue weighted by Gasteiger charge is 2.28. The monoisotopic (exact) mass is 339 g/mol. The highest BCUT2D eigenvalue weighted by atomic mass is 16.7. The number of Topliss-reactive ketones (excluding diaryl/α,β-unsaturated/α-hetero) is 1. The van der Waals surface area contributed by atoms with Crippen molar-refractivity contribution in [3.63, 3.8) is 0 Å². The van der Waals surface area contributed by atoms with Gasteiger partial charge in [0.05, 0.1) is 11.5 Å². The summed E-state index contributed by atoms with van der Waals surface area (Å²) in [7, 11) is 0. The van der Waals surface area contributed by atoms with E-state index in [1.807, 2.05) is 0 Å². The first-order valence-corrected chi connectivity index (χ1v) is 7.41. The van der Waals surface area contributed by atoms with Gasteiger partial charge in [0.1, 0.15) is 18.1 Å². The number of allylic oxidation sites excluding steroid dienone is 1. The van der Waals surface area contributed by atoms with Gasteiger partial charge < -0.3 is 28.8 Å². The van der Waals surface area contributed by atoms with Crippen molar-refractivity contribution in [2.45, 2.75) is 0 Å². The molecule has 0 aromatic heterocycles. The number of ether oxygens (including phenoxy) is 4. The van der Waals surface area contributed by atoms with E-state index in [0.29, 0.717) is 22.8 Å². The van der Waals surface area contributed by atoms with Gasteiger partial charge in [-0.2, -0.15) is 0 Å². The Morgan fingerprint density at radius 3 is 2.80 bits per heavy atom. The zero-order valence-electron chi connectivity index (χ0n) is 12.8. The maximum atomic E-state index is 12.4. The fourth-order valence-corrected chi connectivity index (χ4v) is 2.55. The zero-order chi connectivity index (χ0) is 17.4. The van der Waals surface area contributed by atoms with E-state index in [-0.39, 0.29) is 24.1 Å². The van der Waals surface area contributed by atoms with Gasteiger partial charge in [0.15, 0.2) is 17.3 Å². The molecule has 0 N–H and O–H groups in total. The molecule has 0 unspecified atom stereocenters. The fourth-order valence-electron chi connectivity index (χ4n) is 2.55. The number of benzene rings is 2. The first kappa shape index (κ1) is 15.1. The van der Waals surface area contributed by atoms with Crippen LogP contribution < -0.4 is 24.1 Å². The minimum atomic E-state index is -1.33. The summed E-state index contributed by atoms with van der Waals surface area (Å²) in [5.41, 5.74) is 1.11. The van der Waals surface area contributed by atoms with Gasteiger partial charge in [-0.05, 0) is 35.9 Å². The first-order valence-electron chi connectivity index (χ1n) is 7.41. The van der Waals surface area contributed by atoms with Crippen LogP contribution in [0.5, 0.6) is 23.0 Å². The van der Waals surface area contributed by atoms with Gasteiger partial charge in [-0.3, -0.25) is 4.79 Å². The maximum absolute atomic E-state index is 12.4. The number of ketones is 1. The summed E-state index contributed by atoms with van der Waals surface area (Å²) in [5, 5.41) is 10.4. The van der Waals surface area contributed by atoms with Crippen LogP contribution in [0.15, 0.2) is 42.2 Å². The van der Waals surface area contributed by atoms with Crippen molar-refractivity contribution in [3.05, 3.63) is 53.3 Å². The lowest BCUT2D eigenvalue weighted by atomic mass is 10.1. The van der Waals surface area contributed by atoms with Crippen LogP contribution in [-0.2, 0) is 4.79 Å². The summed E-state index contributed by atoms with van der Waals surface area (Å²) in [5.74, 6) is 0.410. The van der Waals surface area contributed by atoms with E-state index in [1.165, 1.54) is 18.2 Å². The van der Waals surface area contributed by atoms with Crippen molar-refractivity contribution in [3.8, 4) is 23.0 Å². The Morgan fingerprint density at radius 2 is 1.96 bits per heavy atom. The molecule has 0 radical (unpaired) electrons. The molecule has 4 rings (SSSR count). The van der Waals surface area contributed by atoms with Gasteiger partial charge in [0, 0.05) is 6.07 Å². The van der Waals surface area contributed by atoms with Crippen LogP contribution in [0.25, 0.3) is 6.08 Å². The number of hydrogen-bond donors (Lipinski definition) is 0. The van der Waals surface area contributed by atoms with E-state index in [4.69, 9.17) is 18.9 Å². The molecule has 7 nitrogen and oxygen atoms in total. The van der Waals surface area contributed by atoms with Crippen molar-refractivity contribution in [2.24, 2.45) is 0 Å². The molecule has 0 aliphatic carbocycles. The molecule has 2 aliphatic heterocycles. The molecule has 0 fully saturated rings. The lowest BCUT2D eigenvalue weighted by Gasteiger charge is -2.07. The number of carboxylic acids is 1. The van der Waals surface area contributed by atoms with Crippen LogP contribution in [0.3, 0.4) is 0 Å². The van der Waals surface area contributed by atoms with Gasteiger partial charge in [-0.25, -0.2) is 0 Å². The average molecular weight is 339 g/mol. The summed E-state index contributed by atoms with van der Waals surface area (Å²) < 4.78 is 21.2. The molecule has 2 aromatic rings. The van der Waals surface area contributed by atoms with Gasteiger partial charge in [-0.15, -0.1) is 0 Å². The first-order chi connectivity index (χ1) is 12.1. The smallest absolute Gasteiger partial charge is 0.231 e. The number of rotatable bonds is 4. The van der Waals surface area contributed by atoms with Crippen LogP contribution in [0, 0.1) is 0 Å².